The van der Waals surface area contributed by atoms with Crippen molar-refractivity contribution < 1.29 is 4.74 Å². The van der Waals surface area contributed by atoms with Gasteiger partial charge in [0.1, 0.15) is 12.7 Å². The number of nitriles is 1. The molecule has 0 fully saturated rings. The first-order valence-electron chi connectivity index (χ1n) is 5.26. The van der Waals surface area contributed by atoms with Crippen molar-refractivity contribution in [1.29, 1.82) is 5.26 Å². The lowest BCUT2D eigenvalue weighted by atomic mass is 10.2. The summed E-state index contributed by atoms with van der Waals surface area (Å²) in [4.78, 5) is 0. The van der Waals surface area contributed by atoms with E-state index in [-0.39, 0.29) is 0 Å². The molecule has 0 radical (unpaired) electrons. The third-order valence-electron chi connectivity index (χ3n) is 2.35. The molecule has 0 aliphatic rings. The minimum absolute atomic E-state index is 0.412. The van der Waals surface area contributed by atoms with Crippen molar-refractivity contribution in [3.8, 4) is 11.8 Å². The Bertz CT molecular complexity index is 593. The number of hydrogen-bond donors (Lipinski definition) is 0. The Morgan fingerprint density at radius 2 is 1.94 bits per heavy atom. The van der Waals surface area contributed by atoms with Crippen LogP contribution in [0.25, 0.3) is 0 Å². The maximum Gasteiger partial charge on any atom is 0.151 e. The maximum absolute atomic E-state index is 9.06. The van der Waals surface area contributed by atoms with Crippen molar-refractivity contribution in [2.45, 2.75) is 6.61 Å². The van der Waals surface area contributed by atoms with Crippen LogP contribution in [-0.2, 0) is 6.61 Å². The van der Waals surface area contributed by atoms with E-state index in [4.69, 9.17) is 21.6 Å². The Balaban J connectivity index is 2.22. The molecule has 0 aromatic heterocycles. The van der Waals surface area contributed by atoms with E-state index in [0.717, 1.165) is 5.56 Å². The lowest BCUT2D eigenvalue weighted by molar-refractivity contribution is 0.303. The van der Waals surface area contributed by atoms with Gasteiger partial charge in [-0.05, 0) is 33.6 Å². The highest BCUT2D eigenvalue weighted by Crippen LogP contribution is 2.32. The molecule has 0 amide bonds. The molecule has 90 valence electrons. The fourth-order valence-corrected chi connectivity index (χ4v) is 2.44. The summed E-state index contributed by atoms with van der Waals surface area (Å²) in [7, 11) is 0. The Hall–Kier alpha value is -1.50. The Kier molecular flexibility index (Phi) is 4.24. The number of ether oxygens (including phenoxy) is 1. The average molecular weight is 323 g/mol. The Morgan fingerprint density at radius 1 is 1.22 bits per heavy atom. The summed E-state index contributed by atoms with van der Waals surface area (Å²) < 4.78 is 6.35. The highest BCUT2D eigenvalue weighted by molar-refractivity contribution is 9.10. The average Bonchev–Trinajstić information content (AvgIpc) is 2.38. The number of halogens is 2. The molecule has 18 heavy (non-hydrogen) atoms. The summed E-state index contributed by atoms with van der Waals surface area (Å²) in [5.74, 6) is 0.519. The SMILES string of the molecule is N#Cc1cc(Cl)cc(Br)c1OCc1ccccc1. The molecule has 0 spiro atoms. The van der Waals surface area contributed by atoms with Gasteiger partial charge in [0.25, 0.3) is 0 Å². The zero-order chi connectivity index (χ0) is 13.0. The van der Waals surface area contributed by atoms with E-state index in [1.165, 1.54) is 0 Å². The highest BCUT2D eigenvalue weighted by atomic mass is 79.9. The molecular formula is C14H9BrClNO. The maximum atomic E-state index is 9.06. The van der Waals surface area contributed by atoms with Crippen LogP contribution >= 0.6 is 27.5 Å². The van der Waals surface area contributed by atoms with Gasteiger partial charge in [-0.25, -0.2) is 0 Å². The van der Waals surface area contributed by atoms with E-state index in [1.54, 1.807) is 12.1 Å². The smallest absolute Gasteiger partial charge is 0.151 e. The lowest BCUT2D eigenvalue weighted by Crippen LogP contribution is -1.98. The summed E-state index contributed by atoms with van der Waals surface area (Å²) in [5.41, 5.74) is 1.47. The van der Waals surface area contributed by atoms with Gasteiger partial charge >= 0.3 is 0 Å². The van der Waals surface area contributed by atoms with Crippen molar-refractivity contribution in [3.05, 3.63) is 63.1 Å². The van der Waals surface area contributed by atoms with Crippen LogP contribution in [0.15, 0.2) is 46.9 Å². The first-order valence-corrected chi connectivity index (χ1v) is 6.43. The quantitative estimate of drug-likeness (QED) is 0.830. The van der Waals surface area contributed by atoms with E-state index in [0.29, 0.717) is 27.4 Å². The minimum Gasteiger partial charge on any atom is -0.486 e. The topological polar surface area (TPSA) is 33.0 Å². The first-order chi connectivity index (χ1) is 8.70. The van der Waals surface area contributed by atoms with Gasteiger partial charge in [-0.1, -0.05) is 41.9 Å². The summed E-state index contributed by atoms with van der Waals surface area (Å²) in [6, 6.07) is 15.1. The third kappa shape index (κ3) is 3.04. The second kappa shape index (κ2) is 5.90. The molecular weight excluding hydrogens is 314 g/mol. The van der Waals surface area contributed by atoms with E-state index in [1.807, 2.05) is 30.3 Å². The molecule has 0 heterocycles. The summed E-state index contributed by atoms with van der Waals surface area (Å²) in [6.07, 6.45) is 0. The first kappa shape index (κ1) is 12.9. The Labute approximate surface area is 119 Å². The summed E-state index contributed by atoms with van der Waals surface area (Å²) >= 11 is 9.23. The van der Waals surface area contributed by atoms with Crippen LogP contribution in [0.5, 0.6) is 5.75 Å². The molecule has 0 saturated heterocycles. The molecule has 0 saturated carbocycles. The van der Waals surface area contributed by atoms with Gasteiger partial charge in [-0.15, -0.1) is 0 Å². The predicted octanol–water partition coefficient (Wildman–Crippen LogP) is 4.55. The van der Waals surface area contributed by atoms with Crippen molar-refractivity contribution in [2.24, 2.45) is 0 Å². The van der Waals surface area contributed by atoms with E-state index < -0.39 is 0 Å². The Morgan fingerprint density at radius 3 is 2.61 bits per heavy atom. The van der Waals surface area contributed by atoms with Gasteiger partial charge in [0, 0.05) is 5.02 Å². The molecule has 0 aliphatic carbocycles. The van der Waals surface area contributed by atoms with Crippen molar-refractivity contribution in [2.75, 3.05) is 0 Å². The normalized spacial score (nSPS) is 9.83. The van der Waals surface area contributed by atoms with Crippen LogP contribution in [-0.4, -0.2) is 0 Å². The molecule has 0 N–H and O–H groups in total. The molecule has 2 aromatic rings. The molecule has 0 atom stereocenters. The van der Waals surface area contributed by atoms with Gasteiger partial charge in [0.05, 0.1) is 10.0 Å². The third-order valence-corrected chi connectivity index (χ3v) is 3.16. The summed E-state index contributed by atoms with van der Waals surface area (Å²) in [5, 5.41) is 9.56. The molecule has 2 aromatic carbocycles. The molecule has 2 nitrogen and oxygen atoms in total. The van der Waals surface area contributed by atoms with Crippen LogP contribution in [0.2, 0.25) is 5.02 Å². The zero-order valence-electron chi connectivity index (χ0n) is 9.36. The molecule has 0 unspecified atom stereocenters. The van der Waals surface area contributed by atoms with Crippen molar-refractivity contribution >= 4 is 27.5 Å². The molecule has 0 aliphatic heterocycles. The van der Waals surface area contributed by atoms with Crippen molar-refractivity contribution in [1.82, 2.24) is 0 Å². The molecule has 2 rings (SSSR count). The van der Waals surface area contributed by atoms with Crippen molar-refractivity contribution in [3.63, 3.8) is 0 Å². The second-order valence-corrected chi connectivity index (χ2v) is 4.94. The highest BCUT2D eigenvalue weighted by Gasteiger charge is 2.10. The van der Waals surface area contributed by atoms with Crippen LogP contribution in [0.1, 0.15) is 11.1 Å². The van der Waals surface area contributed by atoms with Gasteiger partial charge in [0.2, 0.25) is 0 Å². The molecule has 0 bridgehead atoms. The van der Waals surface area contributed by atoms with Crippen LogP contribution in [0.3, 0.4) is 0 Å². The second-order valence-electron chi connectivity index (χ2n) is 3.65. The van der Waals surface area contributed by atoms with Crippen LogP contribution in [0, 0.1) is 11.3 Å². The number of benzene rings is 2. The number of nitrogens with zero attached hydrogens (tertiary/aromatic N) is 1. The standard InChI is InChI=1S/C14H9BrClNO/c15-13-7-12(16)6-11(8-17)14(13)18-9-10-4-2-1-3-5-10/h1-7H,9H2. The van der Waals surface area contributed by atoms with E-state index in [2.05, 4.69) is 22.0 Å². The van der Waals surface area contributed by atoms with Gasteiger partial charge in [0.15, 0.2) is 5.75 Å². The zero-order valence-corrected chi connectivity index (χ0v) is 11.7. The lowest BCUT2D eigenvalue weighted by Gasteiger charge is -2.10. The molecule has 4 heteroatoms. The van der Waals surface area contributed by atoms with E-state index in [9.17, 15) is 0 Å². The fourth-order valence-electron chi connectivity index (χ4n) is 1.52. The predicted molar refractivity (Wildman–Crippen MR) is 74.6 cm³/mol. The monoisotopic (exact) mass is 321 g/mol. The minimum atomic E-state index is 0.412. The van der Waals surface area contributed by atoms with Crippen LogP contribution < -0.4 is 4.74 Å². The summed E-state index contributed by atoms with van der Waals surface area (Å²) in [6.45, 7) is 0.412. The number of rotatable bonds is 3. The van der Waals surface area contributed by atoms with Crippen LogP contribution in [0.4, 0.5) is 0 Å². The number of hydrogen-bond acceptors (Lipinski definition) is 2. The largest absolute Gasteiger partial charge is 0.486 e. The van der Waals surface area contributed by atoms with Gasteiger partial charge in [-0.2, -0.15) is 5.26 Å². The van der Waals surface area contributed by atoms with Gasteiger partial charge in [-0.3, -0.25) is 0 Å². The fraction of sp³-hybridized carbons (Fsp3) is 0.0714. The van der Waals surface area contributed by atoms with E-state index >= 15 is 0 Å². The van der Waals surface area contributed by atoms with Gasteiger partial charge < -0.3 is 4.74 Å².